The second-order valence-electron chi connectivity index (χ2n) is 8.56. The monoisotopic (exact) mass is 480 g/mol. The first-order valence-electron chi connectivity index (χ1n) is 11.3. The number of benzene rings is 2. The van der Waals surface area contributed by atoms with Crippen molar-refractivity contribution in [3.05, 3.63) is 64.2 Å². The van der Waals surface area contributed by atoms with Crippen LogP contribution in [0.1, 0.15) is 53.5 Å². The molecule has 4 rings (SSSR count). The highest BCUT2D eigenvalue weighted by molar-refractivity contribution is 7.96. The van der Waals surface area contributed by atoms with Gasteiger partial charge in [0.15, 0.2) is 0 Å². The lowest BCUT2D eigenvalue weighted by atomic mass is 10.0. The van der Waals surface area contributed by atoms with Gasteiger partial charge in [0, 0.05) is 11.1 Å². The topological polar surface area (TPSA) is 9.23 Å². The van der Waals surface area contributed by atoms with Gasteiger partial charge in [-0.05, 0) is 82.9 Å². The van der Waals surface area contributed by atoms with E-state index >= 15 is 0 Å². The zero-order chi connectivity index (χ0) is 22.6. The van der Waals surface area contributed by atoms with E-state index in [9.17, 15) is 13.2 Å². The fourth-order valence-corrected chi connectivity index (χ4v) is 9.19. The summed E-state index contributed by atoms with van der Waals surface area (Å²) in [4.78, 5) is 0. The Balaban J connectivity index is 1.62. The van der Waals surface area contributed by atoms with Gasteiger partial charge in [0.05, 0.1) is 12.7 Å². The largest absolute Gasteiger partial charge is 0.496 e. The Morgan fingerprint density at radius 2 is 1.38 bits per heavy atom. The second kappa shape index (κ2) is 10.6. The fourth-order valence-electron chi connectivity index (χ4n) is 4.40. The molecule has 172 valence electrons. The van der Waals surface area contributed by atoms with Gasteiger partial charge in [-0.1, -0.05) is 24.3 Å². The van der Waals surface area contributed by atoms with Gasteiger partial charge in [-0.3, -0.25) is 0 Å². The molecule has 0 unspecified atom stereocenters. The molecule has 2 fully saturated rings. The smallest absolute Gasteiger partial charge is 0.416 e. The zero-order valence-corrected chi connectivity index (χ0v) is 20.2. The van der Waals surface area contributed by atoms with Crippen LogP contribution in [0.15, 0.2) is 36.4 Å². The Morgan fingerprint density at radius 1 is 0.812 bits per heavy atom. The predicted octanol–water partition coefficient (Wildman–Crippen LogP) is 6.71. The van der Waals surface area contributed by atoms with Crippen LogP contribution in [0.25, 0.3) is 12.2 Å². The summed E-state index contributed by atoms with van der Waals surface area (Å²) < 4.78 is 44.4. The van der Waals surface area contributed by atoms with E-state index in [1.165, 1.54) is 65.4 Å². The van der Waals surface area contributed by atoms with Crippen LogP contribution >= 0.6 is 0 Å². The average molecular weight is 481 g/mol. The van der Waals surface area contributed by atoms with Crippen molar-refractivity contribution in [3.8, 4) is 5.75 Å². The summed E-state index contributed by atoms with van der Waals surface area (Å²) in [5, 5.41) is 0. The molecule has 0 radical (unpaired) electrons. The average Bonchev–Trinajstić information content (AvgIpc) is 3.47. The molecule has 0 bridgehead atoms. The first kappa shape index (κ1) is 23.6. The molecule has 2 aromatic rings. The molecule has 0 atom stereocenters. The number of ether oxygens (including phenoxy) is 1. The quantitative estimate of drug-likeness (QED) is 0.316. The molecule has 1 nitrogen and oxygen atoms in total. The molecule has 32 heavy (non-hydrogen) atoms. The molecule has 2 aromatic carbocycles. The number of rotatable bonds is 7. The Labute approximate surface area is 195 Å². The zero-order valence-electron chi connectivity index (χ0n) is 18.5. The predicted molar refractivity (Wildman–Crippen MR) is 133 cm³/mol. The van der Waals surface area contributed by atoms with Gasteiger partial charge in [0.2, 0.25) is 0 Å². The van der Waals surface area contributed by atoms with Gasteiger partial charge in [-0.15, -0.1) is 0 Å². The lowest BCUT2D eigenvalue weighted by Gasteiger charge is -2.14. The molecule has 0 amide bonds. The minimum atomic E-state index is -4.30. The van der Waals surface area contributed by atoms with Crippen LogP contribution in [0.2, 0.25) is 0 Å². The van der Waals surface area contributed by atoms with Crippen LogP contribution in [-0.4, -0.2) is 30.1 Å². The van der Waals surface area contributed by atoms with E-state index < -0.39 is 11.7 Å². The Morgan fingerprint density at radius 3 is 1.91 bits per heavy atom. The van der Waals surface area contributed by atoms with Crippen LogP contribution in [-0.2, 0) is 39.5 Å². The minimum absolute atomic E-state index is 0.417. The van der Waals surface area contributed by atoms with Crippen molar-refractivity contribution >= 4 is 33.9 Å². The van der Waals surface area contributed by atoms with E-state index in [4.69, 9.17) is 4.74 Å². The van der Waals surface area contributed by atoms with Crippen LogP contribution in [0.3, 0.4) is 0 Å². The molecule has 0 aliphatic carbocycles. The van der Waals surface area contributed by atoms with Crippen molar-refractivity contribution in [1.82, 2.24) is 0 Å². The van der Waals surface area contributed by atoms with Crippen LogP contribution in [0, 0.1) is 0 Å². The minimum Gasteiger partial charge on any atom is -0.496 e. The summed E-state index contributed by atoms with van der Waals surface area (Å²) in [6, 6.07) is 9.90. The molecule has 2 saturated heterocycles. The highest BCUT2D eigenvalue weighted by Crippen LogP contribution is 2.32. The van der Waals surface area contributed by atoms with Gasteiger partial charge in [0.25, 0.3) is 0 Å². The van der Waals surface area contributed by atoms with Crippen molar-refractivity contribution in [1.29, 1.82) is 0 Å². The van der Waals surface area contributed by atoms with E-state index in [-0.39, 0.29) is 0 Å². The highest BCUT2D eigenvalue weighted by atomic mass is 32.2. The van der Waals surface area contributed by atoms with Gasteiger partial charge < -0.3 is 4.74 Å². The second-order valence-corrected chi connectivity index (χ2v) is 13.2. The van der Waals surface area contributed by atoms with E-state index in [1.807, 2.05) is 6.08 Å². The number of hydrogen-bond acceptors (Lipinski definition) is 1. The summed E-state index contributed by atoms with van der Waals surface area (Å²) in [7, 11) is 2.61. The lowest BCUT2D eigenvalue weighted by Crippen LogP contribution is -2.11. The Kier molecular flexibility index (Phi) is 7.83. The molecule has 0 saturated carbocycles. The van der Waals surface area contributed by atoms with E-state index in [2.05, 4.69) is 18.2 Å². The highest BCUT2D eigenvalue weighted by Gasteiger charge is 2.30. The van der Waals surface area contributed by atoms with E-state index in [1.54, 1.807) is 19.2 Å². The maximum Gasteiger partial charge on any atom is 0.416 e. The number of hydrogen-bond donors (Lipinski definition) is 0. The molecular formula is C26H31F3OS2+2. The molecule has 0 spiro atoms. The van der Waals surface area contributed by atoms with Crippen molar-refractivity contribution < 1.29 is 17.9 Å². The van der Waals surface area contributed by atoms with Crippen LogP contribution in [0.4, 0.5) is 13.2 Å². The van der Waals surface area contributed by atoms with Crippen molar-refractivity contribution in [2.24, 2.45) is 0 Å². The summed E-state index contributed by atoms with van der Waals surface area (Å²) in [5.41, 5.74) is 3.92. The summed E-state index contributed by atoms with van der Waals surface area (Å²) in [6.07, 6.45) is 5.00. The lowest BCUT2D eigenvalue weighted by molar-refractivity contribution is -0.137. The maximum absolute atomic E-state index is 12.9. The third-order valence-corrected chi connectivity index (χ3v) is 11.1. The van der Waals surface area contributed by atoms with Gasteiger partial charge in [0.1, 0.15) is 40.3 Å². The van der Waals surface area contributed by atoms with E-state index in [0.29, 0.717) is 21.8 Å². The SMILES string of the molecule is COc1cc(C[S+]2CCCC2)c(/C=C/c2ccc(C(F)(F)F)cc2)cc1C[S+]1CCCC1. The first-order chi connectivity index (χ1) is 15.4. The van der Waals surface area contributed by atoms with E-state index in [0.717, 1.165) is 35.0 Å². The molecule has 6 heteroatoms. The normalized spacial score (nSPS) is 18.1. The van der Waals surface area contributed by atoms with Gasteiger partial charge >= 0.3 is 6.18 Å². The third kappa shape index (κ3) is 6.07. The summed E-state index contributed by atoms with van der Waals surface area (Å²) in [5.74, 6) is 8.35. The summed E-state index contributed by atoms with van der Waals surface area (Å²) in [6.45, 7) is 0. The molecule has 2 aliphatic rings. The van der Waals surface area contributed by atoms with Crippen molar-refractivity contribution in [2.45, 2.75) is 43.4 Å². The van der Waals surface area contributed by atoms with Gasteiger partial charge in [-0.2, -0.15) is 13.2 Å². The van der Waals surface area contributed by atoms with Gasteiger partial charge in [-0.25, -0.2) is 0 Å². The number of methoxy groups -OCH3 is 1. The van der Waals surface area contributed by atoms with Crippen molar-refractivity contribution in [3.63, 3.8) is 0 Å². The molecule has 2 heterocycles. The molecule has 2 aliphatic heterocycles. The first-order valence-corrected chi connectivity index (χ1v) is 14.7. The third-order valence-electron chi connectivity index (χ3n) is 6.19. The fraction of sp³-hybridized carbons (Fsp3) is 0.462. The number of alkyl halides is 3. The number of halogens is 3. The van der Waals surface area contributed by atoms with Crippen molar-refractivity contribution in [2.75, 3.05) is 30.1 Å². The standard InChI is InChI=1S/C26H31F3OS2/c1-30-25-17-22(18-31-12-2-3-13-31)21(16-23(25)19-32-14-4-5-15-32)9-6-20-7-10-24(11-8-20)26(27,28)29/h6-11,16-17H,2-5,12-15,18-19H2,1H3/q+2/b9-6+. The molecular weight excluding hydrogens is 449 g/mol. The maximum atomic E-state index is 12.9. The molecule has 0 N–H and O–H groups in total. The summed E-state index contributed by atoms with van der Waals surface area (Å²) >= 11 is 0. The Bertz CT molecular complexity index is 925. The molecule has 0 aromatic heterocycles. The Hall–Kier alpha value is -1.53. The van der Waals surface area contributed by atoms with Crippen LogP contribution < -0.4 is 4.74 Å². The van der Waals surface area contributed by atoms with Crippen LogP contribution in [0.5, 0.6) is 5.75 Å².